The minimum Gasteiger partial charge on any atom is -0.496 e. The summed E-state index contributed by atoms with van der Waals surface area (Å²) >= 11 is 0. The van der Waals surface area contributed by atoms with Crippen LogP contribution >= 0.6 is 0 Å². The summed E-state index contributed by atoms with van der Waals surface area (Å²) in [5.74, 6) is 1.02. The lowest BCUT2D eigenvalue weighted by Crippen LogP contribution is -2.21. The molecular weight excluding hydrogens is 661 g/mol. The lowest BCUT2D eigenvalue weighted by Gasteiger charge is -2.17. The number of carbonyl (C=O) groups excluding carboxylic acids is 1. The minimum atomic E-state index is -0.371. The smallest absolute Gasteiger partial charge is 0.338 e. The molecule has 0 bridgehead atoms. The highest BCUT2D eigenvalue weighted by Crippen LogP contribution is 2.37. The Labute approximate surface area is 308 Å². The molecule has 0 unspecified atom stereocenters. The van der Waals surface area contributed by atoms with Crippen molar-refractivity contribution < 1.29 is 14.3 Å². The van der Waals surface area contributed by atoms with Gasteiger partial charge in [-0.05, 0) is 96.6 Å². The zero-order chi connectivity index (χ0) is 37.1. The van der Waals surface area contributed by atoms with Crippen molar-refractivity contribution in [2.45, 2.75) is 33.6 Å². The summed E-state index contributed by atoms with van der Waals surface area (Å²) < 4.78 is 14.6. The lowest BCUT2D eigenvalue weighted by atomic mass is 9.96. The molecule has 0 saturated carbocycles. The third-order valence-corrected chi connectivity index (χ3v) is 9.29. The molecule has 53 heavy (non-hydrogen) atoms. The van der Waals surface area contributed by atoms with Crippen LogP contribution in [0, 0.1) is 6.92 Å². The molecule has 8 nitrogen and oxygen atoms in total. The maximum atomic E-state index is 14.3. The Balaban J connectivity index is 1.48. The Bertz CT molecular complexity index is 2520. The Hall–Kier alpha value is -6.54. The minimum absolute atomic E-state index is 0.171. The molecule has 2 aromatic heterocycles. The van der Waals surface area contributed by atoms with Crippen LogP contribution in [0.3, 0.4) is 0 Å². The average Bonchev–Trinajstić information content (AvgIpc) is 3.57. The Morgan fingerprint density at radius 3 is 2.17 bits per heavy atom. The number of esters is 1. The molecule has 7 rings (SSSR count). The van der Waals surface area contributed by atoms with Crippen LogP contribution in [-0.4, -0.2) is 40.1 Å². The second-order valence-electron chi connectivity index (χ2n) is 13.0. The number of aromatic nitrogens is 3. The highest BCUT2D eigenvalue weighted by atomic mass is 16.5. The van der Waals surface area contributed by atoms with Gasteiger partial charge < -0.3 is 14.0 Å². The predicted octanol–water partition coefficient (Wildman–Crippen LogP) is 9.69. The van der Waals surface area contributed by atoms with Crippen molar-refractivity contribution in [1.82, 2.24) is 14.2 Å². The average molecular weight is 701 g/mol. The van der Waals surface area contributed by atoms with Gasteiger partial charge in [0.25, 0.3) is 5.56 Å². The van der Waals surface area contributed by atoms with E-state index >= 15 is 0 Å². The van der Waals surface area contributed by atoms with Crippen molar-refractivity contribution >= 4 is 23.1 Å². The van der Waals surface area contributed by atoms with Gasteiger partial charge in [0.15, 0.2) is 5.82 Å². The summed E-state index contributed by atoms with van der Waals surface area (Å²) in [7, 11) is 1.67. The molecule has 0 spiro atoms. The van der Waals surface area contributed by atoms with Gasteiger partial charge in [0.2, 0.25) is 0 Å². The molecule has 0 fully saturated rings. The normalized spacial score (nSPS) is 11.4. The van der Waals surface area contributed by atoms with Gasteiger partial charge in [-0.25, -0.2) is 9.78 Å². The summed E-state index contributed by atoms with van der Waals surface area (Å²) in [5, 5.41) is 5.43. The molecule has 0 saturated heterocycles. The van der Waals surface area contributed by atoms with E-state index < -0.39 is 0 Å². The standard InChI is InChI=1S/C45H40N4O4/c1-6-53-45(51)33-21-23-35(24-22-33)48-40(31-15-9-7-10-16-31)26-34(42(48)32-17-11-8-12-18-32)28-46-49-43(47-39-20-14-13-19-36(39)44(49)50)38-27-37(29(2)3)41(52-5)25-30(38)4/h7-29H,6H2,1-5H3. The fourth-order valence-corrected chi connectivity index (χ4v) is 6.66. The van der Waals surface area contributed by atoms with Crippen LogP contribution in [0.2, 0.25) is 0 Å². The maximum absolute atomic E-state index is 14.3. The summed E-state index contributed by atoms with van der Waals surface area (Å²) in [5.41, 5.74) is 8.83. The first-order valence-electron chi connectivity index (χ1n) is 17.7. The lowest BCUT2D eigenvalue weighted by molar-refractivity contribution is 0.0526. The summed E-state index contributed by atoms with van der Waals surface area (Å²) in [6.07, 6.45) is 1.74. The number of hydrogen-bond acceptors (Lipinski definition) is 6. The van der Waals surface area contributed by atoms with Crippen molar-refractivity contribution in [1.29, 1.82) is 0 Å². The molecule has 0 atom stereocenters. The molecular formula is C45H40N4O4. The number of hydrogen-bond donors (Lipinski definition) is 0. The fourth-order valence-electron chi connectivity index (χ4n) is 6.66. The number of carbonyl (C=O) groups is 1. The molecule has 0 aliphatic carbocycles. The van der Waals surface area contributed by atoms with Gasteiger partial charge in [-0.2, -0.15) is 9.78 Å². The van der Waals surface area contributed by atoms with E-state index in [4.69, 9.17) is 19.6 Å². The number of ether oxygens (including phenoxy) is 2. The van der Waals surface area contributed by atoms with Gasteiger partial charge in [-0.15, -0.1) is 0 Å². The van der Waals surface area contributed by atoms with E-state index in [1.54, 1.807) is 38.4 Å². The third-order valence-electron chi connectivity index (χ3n) is 9.29. The topological polar surface area (TPSA) is 87.7 Å². The highest BCUT2D eigenvalue weighted by molar-refractivity contribution is 5.94. The Morgan fingerprint density at radius 1 is 0.849 bits per heavy atom. The van der Waals surface area contributed by atoms with Crippen LogP contribution < -0.4 is 10.3 Å². The van der Waals surface area contributed by atoms with E-state index in [1.165, 1.54) is 4.68 Å². The van der Waals surface area contributed by atoms with Gasteiger partial charge in [-0.1, -0.05) is 86.6 Å². The van der Waals surface area contributed by atoms with Crippen molar-refractivity contribution in [2.24, 2.45) is 5.10 Å². The van der Waals surface area contributed by atoms with E-state index in [0.717, 1.165) is 56.2 Å². The number of aryl methyl sites for hydroxylation is 1. The van der Waals surface area contributed by atoms with Crippen molar-refractivity contribution in [3.8, 4) is 45.3 Å². The quantitative estimate of drug-likeness (QED) is 0.105. The highest BCUT2D eigenvalue weighted by Gasteiger charge is 2.21. The SMILES string of the molecule is CCOC(=O)c1ccc(-n2c(-c3ccccc3)cc(C=Nn3c(-c4cc(C(C)C)c(OC)cc4C)nc4ccccc4c3=O)c2-c2ccccc2)cc1. The first-order valence-corrected chi connectivity index (χ1v) is 17.7. The second-order valence-corrected chi connectivity index (χ2v) is 13.0. The van der Waals surface area contributed by atoms with Crippen LogP contribution in [0.25, 0.3) is 50.5 Å². The van der Waals surface area contributed by atoms with Crippen LogP contribution in [0.15, 0.2) is 137 Å². The largest absolute Gasteiger partial charge is 0.496 e. The number of benzene rings is 5. The van der Waals surface area contributed by atoms with E-state index in [9.17, 15) is 9.59 Å². The Morgan fingerprint density at radius 2 is 1.51 bits per heavy atom. The van der Waals surface area contributed by atoms with Gasteiger partial charge in [0.1, 0.15) is 5.75 Å². The first-order chi connectivity index (χ1) is 25.8. The fraction of sp³-hybridized carbons (Fsp3) is 0.156. The number of nitrogens with zero attached hydrogens (tertiary/aromatic N) is 4. The number of rotatable bonds is 10. The van der Waals surface area contributed by atoms with Gasteiger partial charge in [0, 0.05) is 16.8 Å². The Kier molecular flexibility index (Phi) is 9.86. The number of fused-ring (bicyclic) bond motifs is 1. The zero-order valence-electron chi connectivity index (χ0n) is 30.4. The van der Waals surface area contributed by atoms with Crippen molar-refractivity contribution in [3.05, 3.63) is 160 Å². The zero-order valence-corrected chi connectivity index (χ0v) is 30.4. The molecule has 264 valence electrons. The van der Waals surface area contributed by atoms with Crippen molar-refractivity contribution in [3.63, 3.8) is 0 Å². The van der Waals surface area contributed by atoms with E-state index in [0.29, 0.717) is 28.9 Å². The molecule has 0 N–H and O–H groups in total. The van der Waals surface area contributed by atoms with Gasteiger partial charge in [0.05, 0.1) is 47.8 Å². The number of methoxy groups -OCH3 is 1. The number of para-hydroxylation sites is 1. The monoisotopic (exact) mass is 700 g/mol. The van der Waals surface area contributed by atoms with E-state index in [-0.39, 0.29) is 17.4 Å². The van der Waals surface area contributed by atoms with Crippen molar-refractivity contribution in [2.75, 3.05) is 13.7 Å². The van der Waals surface area contributed by atoms with Gasteiger partial charge in [-0.3, -0.25) is 4.79 Å². The van der Waals surface area contributed by atoms with Gasteiger partial charge >= 0.3 is 5.97 Å². The predicted molar refractivity (Wildman–Crippen MR) is 212 cm³/mol. The van der Waals surface area contributed by atoms with Crippen LogP contribution in [0.4, 0.5) is 0 Å². The summed E-state index contributed by atoms with van der Waals surface area (Å²) in [6, 6.07) is 41.0. The summed E-state index contributed by atoms with van der Waals surface area (Å²) in [4.78, 5) is 31.9. The van der Waals surface area contributed by atoms with Crippen LogP contribution in [0.5, 0.6) is 5.75 Å². The van der Waals surface area contributed by atoms with E-state index in [2.05, 4.69) is 42.7 Å². The van der Waals surface area contributed by atoms with Crippen LogP contribution in [-0.2, 0) is 4.74 Å². The maximum Gasteiger partial charge on any atom is 0.338 e. The molecule has 2 heterocycles. The molecule has 0 aliphatic rings. The molecule has 0 amide bonds. The summed E-state index contributed by atoms with van der Waals surface area (Å²) in [6.45, 7) is 8.30. The molecule has 5 aromatic carbocycles. The van der Waals surface area contributed by atoms with Crippen LogP contribution in [0.1, 0.15) is 53.7 Å². The van der Waals surface area contributed by atoms with E-state index in [1.807, 2.05) is 91.9 Å². The third kappa shape index (κ3) is 6.79. The molecule has 0 radical (unpaired) electrons. The first kappa shape index (κ1) is 34.9. The second kappa shape index (κ2) is 15.0. The molecule has 8 heteroatoms. The molecule has 7 aromatic rings. The molecule has 0 aliphatic heterocycles.